The molecule has 1 N–H and O–H groups in total. The maximum absolute atomic E-state index is 10.9. The molecule has 0 unspecified atom stereocenters. The highest BCUT2D eigenvalue weighted by Crippen LogP contribution is 2.17. The summed E-state index contributed by atoms with van der Waals surface area (Å²) in [5, 5.41) is 17.6. The number of carboxylic acid groups (broad SMARTS) is 1. The standard InChI is InChI=1S/C14H20N2O3/c1-10(2)8-16(6-4-5-15)9-12-7-11(3)13(19-12)14(17)18/h7,10H,4,6,8-9H2,1-3H3,(H,17,18). The number of aromatic carboxylic acids is 1. The molecule has 5 nitrogen and oxygen atoms in total. The number of nitriles is 1. The number of aryl methyl sites for hydroxylation is 1. The minimum Gasteiger partial charge on any atom is -0.475 e. The van der Waals surface area contributed by atoms with Crippen molar-refractivity contribution in [1.29, 1.82) is 5.26 Å². The van der Waals surface area contributed by atoms with Crippen LogP contribution in [-0.4, -0.2) is 29.1 Å². The van der Waals surface area contributed by atoms with Crippen LogP contribution in [0.5, 0.6) is 0 Å². The lowest BCUT2D eigenvalue weighted by atomic mass is 10.2. The van der Waals surface area contributed by atoms with Crippen molar-refractivity contribution in [3.05, 3.63) is 23.2 Å². The monoisotopic (exact) mass is 264 g/mol. The van der Waals surface area contributed by atoms with Gasteiger partial charge in [0.15, 0.2) is 0 Å². The van der Waals surface area contributed by atoms with Crippen LogP contribution in [0.15, 0.2) is 10.5 Å². The minimum atomic E-state index is -1.05. The third-order valence-corrected chi connectivity index (χ3v) is 2.71. The molecule has 0 aromatic carbocycles. The van der Waals surface area contributed by atoms with E-state index in [1.807, 2.05) is 0 Å². The Kier molecular flexibility index (Phi) is 5.58. The zero-order valence-electron chi connectivity index (χ0n) is 11.6. The molecule has 0 aliphatic carbocycles. The average Bonchev–Trinajstić information content (AvgIpc) is 2.66. The molecule has 1 rings (SSSR count). The van der Waals surface area contributed by atoms with Crippen molar-refractivity contribution in [3.63, 3.8) is 0 Å². The number of nitrogens with zero attached hydrogens (tertiary/aromatic N) is 2. The molecule has 0 amide bonds. The van der Waals surface area contributed by atoms with Crippen molar-refractivity contribution in [2.45, 2.75) is 33.7 Å². The molecule has 5 heteroatoms. The quantitative estimate of drug-likeness (QED) is 0.819. The maximum Gasteiger partial charge on any atom is 0.372 e. The SMILES string of the molecule is Cc1cc(CN(CCC#N)CC(C)C)oc1C(=O)O. The van der Waals surface area contributed by atoms with Gasteiger partial charge in [-0.2, -0.15) is 5.26 Å². The van der Waals surface area contributed by atoms with E-state index in [9.17, 15) is 4.79 Å². The second kappa shape index (κ2) is 6.95. The van der Waals surface area contributed by atoms with E-state index < -0.39 is 5.97 Å². The highest BCUT2D eigenvalue weighted by Gasteiger charge is 2.16. The van der Waals surface area contributed by atoms with Crippen LogP contribution >= 0.6 is 0 Å². The average molecular weight is 264 g/mol. The van der Waals surface area contributed by atoms with Crippen LogP contribution in [-0.2, 0) is 6.54 Å². The van der Waals surface area contributed by atoms with E-state index in [4.69, 9.17) is 14.8 Å². The number of hydrogen-bond donors (Lipinski definition) is 1. The molecule has 0 radical (unpaired) electrons. The lowest BCUT2D eigenvalue weighted by molar-refractivity contribution is 0.0657. The molecule has 0 aliphatic heterocycles. The number of carbonyl (C=O) groups is 1. The maximum atomic E-state index is 10.9. The van der Waals surface area contributed by atoms with E-state index in [1.165, 1.54) is 0 Å². The Hall–Kier alpha value is -1.80. The topological polar surface area (TPSA) is 77.5 Å². The van der Waals surface area contributed by atoms with Gasteiger partial charge in [0.1, 0.15) is 5.76 Å². The van der Waals surface area contributed by atoms with Crippen molar-refractivity contribution < 1.29 is 14.3 Å². The summed E-state index contributed by atoms with van der Waals surface area (Å²) in [6.45, 7) is 7.98. The predicted molar refractivity (Wildman–Crippen MR) is 70.7 cm³/mol. The van der Waals surface area contributed by atoms with Gasteiger partial charge in [0.25, 0.3) is 0 Å². The molecule has 1 aromatic heterocycles. The normalized spacial score (nSPS) is 10.9. The van der Waals surface area contributed by atoms with Gasteiger partial charge >= 0.3 is 5.97 Å². The molecule has 0 fully saturated rings. The highest BCUT2D eigenvalue weighted by molar-refractivity contribution is 5.86. The molecule has 0 atom stereocenters. The third-order valence-electron chi connectivity index (χ3n) is 2.71. The summed E-state index contributed by atoms with van der Waals surface area (Å²) in [5.41, 5.74) is 0.632. The van der Waals surface area contributed by atoms with Crippen LogP contribution in [0.25, 0.3) is 0 Å². The second-order valence-electron chi connectivity index (χ2n) is 5.07. The van der Waals surface area contributed by atoms with E-state index in [2.05, 4.69) is 24.8 Å². The summed E-state index contributed by atoms with van der Waals surface area (Å²) >= 11 is 0. The summed E-state index contributed by atoms with van der Waals surface area (Å²) in [7, 11) is 0. The van der Waals surface area contributed by atoms with Gasteiger partial charge in [-0.1, -0.05) is 13.8 Å². The van der Waals surface area contributed by atoms with E-state index in [0.717, 1.165) is 6.54 Å². The molecule has 0 bridgehead atoms. The summed E-state index contributed by atoms with van der Waals surface area (Å²) < 4.78 is 5.34. The van der Waals surface area contributed by atoms with E-state index in [0.29, 0.717) is 36.8 Å². The Bertz CT molecular complexity index is 472. The van der Waals surface area contributed by atoms with Crippen molar-refractivity contribution in [3.8, 4) is 6.07 Å². The van der Waals surface area contributed by atoms with Gasteiger partial charge in [0.2, 0.25) is 5.76 Å². The fourth-order valence-electron chi connectivity index (χ4n) is 2.02. The number of hydrogen-bond acceptors (Lipinski definition) is 4. The van der Waals surface area contributed by atoms with Crippen molar-refractivity contribution in [2.24, 2.45) is 5.92 Å². The molecule has 0 aliphatic rings. The van der Waals surface area contributed by atoms with Gasteiger partial charge in [0, 0.05) is 25.1 Å². The third kappa shape index (κ3) is 4.76. The zero-order valence-corrected chi connectivity index (χ0v) is 11.6. The van der Waals surface area contributed by atoms with Crippen LogP contribution in [0.3, 0.4) is 0 Å². The number of furan rings is 1. The molecule has 0 saturated heterocycles. The van der Waals surface area contributed by atoms with E-state index >= 15 is 0 Å². The summed E-state index contributed by atoms with van der Waals surface area (Å²) in [6.07, 6.45) is 0.457. The second-order valence-corrected chi connectivity index (χ2v) is 5.07. The first-order chi connectivity index (χ1) is 8.93. The largest absolute Gasteiger partial charge is 0.475 e. The molecule has 1 heterocycles. The molecule has 19 heavy (non-hydrogen) atoms. The van der Waals surface area contributed by atoms with Crippen LogP contribution < -0.4 is 0 Å². The molecule has 1 aromatic rings. The van der Waals surface area contributed by atoms with Crippen LogP contribution in [0.2, 0.25) is 0 Å². The van der Waals surface area contributed by atoms with Crippen molar-refractivity contribution in [1.82, 2.24) is 4.90 Å². The number of rotatable bonds is 7. The van der Waals surface area contributed by atoms with Crippen LogP contribution in [0.1, 0.15) is 42.1 Å². The van der Waals surface area contributed by atoms with Gasteiger partial charge in [-0.3, -0.25) is 4.90 Å². The minimum absolute atomic E-state index is 0.000204. The first-order valence-corrected chi connectivity index (χ1v) is 6.36. The highest BCUT2D eigenvalue weighted by atomic mass is 16.4. The lowest BCUT2D eigenvalue weighted by Crippen LogP contribution is -2.28. The summed E-state index contributed by atoms with van der Waals surface area (Å²) in [5.74, 6) is 0.0677. The molecule has 0 saturated carbocycles. The fraction of sp³-hybridized carbons (Fsp3) is 0.571. The van der Waals surface area contributed by atoms with Crippen LogP contribution in [0, 0.1) is 24.2 Å². The Morgan fingerprint density at radius 3 is 2.74 bits per heavy atom. The zero-order chi connectivity index (χ0) is 14.4. The van der Waals surface area contributed by atoms with Crippen LogP contribution in [0.4, 0.5) is 0 Å². The van der Waals surface area contributed by atoms with E-state index in [1.54, 1.807) is 13.0 Å². The summed E-state index contributed by atoms with van der Waals surface area (Å²) in [6, 6.07) is 3.88. The van der Waals surface area contributed by atoms with Gasteiger partial charge in [-0.25, -0.2) is 4.79 Å². The Balaban J connectivity index is 2.75. The van der Waals surface area contributed by atoms with Crippen molar-refractivity contribution in [2.75, 3.05) is 13.1 Å². The lowest BCUT2D eigenvalue weighted by Gasteiger charge is -2.21. The fourth-order valence-corrected chi connectivity index (χ4v) is 2.02. The Labute approximate surface area is 113 Å². The van der Waals surface area contributed by atoms with Gasteiger partial charge < -0.3 is 9.52 Å². The van der Waals surface area contributed by atoms with Crippen molar-refractivity contribution >= 4 is 5.97 Å². The summed E-state index contributed by atoms with van der Waals surface area (Å²) in [4.78, 5) is 13.0. The molecule has 104 valence electrons. The Morgan fingerprint density at radius 2 is 2.26 bits per heavy atom. The molecular formula is C14H20N2O3. The molecule has 0 spiro atoms. The molecular weight excluding hydrogens is 244 g/mol. The van der Waals surface area contributed by atoms with Gasteiger partial charge in [-0.15, -0.1) is 0 Å². The first-order valence-electron chi connectivity index (χ1n) is 6.36. The van der Waals surface area contributed by atoms with Gasteiger partial charge in [0.05, 0.1) is 12.6 Å². The first kappa shape index (κ1) is 15.3. The number of carboxylic acids is 1. The predicted octanol–water partition coefficient (Wildman–Crippen LogP) is 2.66. The Morgan fingerprint density at radius 1 is 1.58 bits per heavy atom. The smallest absolute Gasteiger partial charge is 0.372 e. The van der Waals surface area contributed by atoms with Gasteiger partial charge in [-0.05, 0) is 18.9 Å². The van der Waals surface area contributed by atoms with E-state index in [-0.39, 0.29) is 5.76 Å².